The zero-order chi connectivity index (χ0) is 13.9. The molecule has 1 N–H and O–H groups in total. The van der Waals surface area contributed by atoms with Crippen molar-refractivity contribution in [3.8, 4) is 0 Å². The number of hydrogen-bond acceptors (Lipinski definition) is 6. The van der Waals surface area contributed by atoms with Crippen LogP contribution in [0.3, 0.4) is 0 Å². The van der Waals surface area contributed by atoms with Crippen molar-refractivity contribution in [2.24, 2.45) is 0 Å². The van der Waals surface area contributed by atoms with Crippen LogP contribution in [0.15, 0.2) is 17.1 Å². The fourth-order valence-corrected chi connectivity index (χ4v) is 4.67. The fourth-order valence-electron chi connectivity index (χ4n) is 2.64. The number of fused-ring (bicyclic) bond motifs is 1. The summed E-state index contributed by atoms with van der Waals surface area (Å²) in [5.74, 6) is 1.14. The van der Waals surface area contributed by atoms with Gasteiger partial charge in [-0.3, -0.25) is 4.79 Å². The summed E-state index contributed by atoms with van der Waals surface area (Å²) < 4.78 is 1.37. The highest BCUT2D eigenvalue weighted by atomic mass is 32.2. The van der Waals surface area contributed by atoms with E-state index in [1.807, 2.05) is 11.8 Å². The van der Waals surface area contributed by atoms with Crippen molar-refractivity contribution in [2.75, 3.05) is 11.1 Å². The van der Waals surface area contributed by atoms with Crippen molar-refractivity contribution in [1.82, 2.24) is 14.6 Å². The molecule has 0 amide bonds. The fraction of sp³-hybridized carbons (Fsp3) is 0.615. The Balaban J connectivity index is 1.81. The normalized spacial score (nSPS) is 23.1. The number of aromatic nitrogens is 3. The van der Waals surface area contributed by atoms with Crippen LogP contribution >= 0.6 is 23.1 Å². The Morgan fingerprint density at radius 2 is 2.35 bits per heavy atom. The molecule has 0 spiro atoms. The van der Waals surface area contributed by atoms with Crippen molar-refractivity contribution in [2.45, 2.75) is 43.9 Å². The lowest BCUT2D eigenvalue weighted by molar-refractivity contribution is 0.474. The van der Waals surface area contributed by atoms with E-state index in [4.69, 9.17) is 0 Å². The highest BCUT2D eigenvalue weighted by Gasteiger charge is 2.25. The van der Waals surface area contributed by atoms with Gasteiger partial charge in [0.2, 0.25) is 10.1 Å². The molecule has 0 aromatic carbocycles. The van der Waals surface area contributed by atoms with E-state index in [0.29, 0.717) is 16.3 Å². The summed E-state index contributed by atoms with van der Waals surface area (Å²) in [4.78, 5) is 16.5. The highest BCUT2D eigenvalue weighted by Crippen LogP contribution is 2.31. The molecule has 0 bridgehead atoms. The van der Waals surface area contributed by atoms with Crippen molar-refractivity contribution in [3.05, 3.63) is 22.6 Å². The van der Waals surface area contributed by atoms with Crippen LogP contribution in [-0.2, 0) is 0 Å². The van der Waals surface area contributed by atoms with E-state index in [1.54, 1.807) is 0 Å². The van der Waals surface area contributed by atoms with Gasteiger partial charge in [-0.25, -0.2) is 4.98 Å². The molecule has 108 valence electrons. The molecule has 1 aliphatic carbocycles. The van der Waals surface area contributed by atoms with Crippen molar-refractivity contribution < 1.29 is 0 Å². The molecule has 0 aliphatic heterocycles. The first-order valence-electron chi connectivity index (χ1n) is 7.01. The molecular weight excluding hydrogens is 292 g/mol. The molecule has 0 saturated heterocycles. The Morgan fingerprint density at radius 1 is 1.50 bits per heavy atom. The number of nitrogens with zero attached hydrogens (tertiary/aromatic N) is 3. The Morgan fingerprint density at radius 3 is 3.15 bits per heavy atom. The maximum Gasteiger partial charge on any atom is 0.275 e. The first-order chi connectivity index (χ1) is 9.78. The lowest BCUT2D eigenvalue weighted by Crippen LogP contribution is -2.34. The van der Waals surface area contributed by atoms with E-state index in [1.165, 1.54) is 53.8 Å². The lowest BCUT2D eigenvalue weighted by atomic mass is 9.95. The second kappa shape index (κ2) is 6.13. The number of hydrogen-bond donors (Lipinski definition) is 1. The minimum atomic E-state index is -0.123. The van der Waals surface area contributed by atoms with Gasteiger partial charge >= 0.3 is 0 Å². The highest BCUT2D eigenvalue weighted by molar-refractivity contribution is 7.99. The SMILES string of the molecule is CCS[C@@H]1CCCC[C@@H]1Nc1nn2c(=O)ccnc2s1. The molecule has 3 rings (SSSR count). The van der Waals surface area contributed by atoms with Crippen LogP contribution in [0, 0.1) is 0 Å². The minimum absolute atomic E-state index is 0.123. The van der Waals surface area contributed by atoms with Crippen LogP contribution < -0.4 is 10.9 Å². The summed E-state index contributed by atoms with van der Waals surface area (Å²) in [5, 5.41) is 9.30. The summed E-state index contributed by atoms with van der Waals surface area (Å²) >= 11 is 3.47. The van der Waals surface area contributed by atoms with Crippen LogP contribution in [0.2, 0.25) is 0 Å². The molecule has 7 heteroatoms. The molecule has 1 aliphatic rings. The lowest BCUT2D eigenvalue weighted by Gasteiger charge is -2.31. The third kappa shape index (κ3) is 2.83. The Kier molecular flexibility index (Phi) is 4.26. The van der Waals surface area contributed by atoms with Gasteiger partial charge in [0, 0.05) is 23.6 Å². The smallest absolute Gasteiger partial charge is 0.275 e. The predicted octanol–water partition coefficient (Wildman–Crippen LogP) is 2.63. The van der Waals surface area contributed by atoms with Crippen LogP contribution in [0.4, 0.5) is 5.13 Å². The second-order valence-corrected chi connectivity index (χ2v) is 7.39. The Labute approximate surface area is 125 Å². The largest absolute Gasteiger partial charge is 0.356 e. The van der Waals surface area contributed by atoms with Crippen molar-refractivity contribution >= 4 is 33.2 Å². The zero-order valence-corrected chi connectivity index (χ0v) is 13.0. The van der Waals surface area contributed by atoms with Crippen LogP contribution in [0.1, 0.15) is 32.6 Å². The topological polar surface area (TPSA) is 59.3 Å². The predicted molar refractivity (Wildman–Crippen MR) is 84.9 cm³/mol. The molecule has 20 heavy (non-hydrogen) atoms. The summed E-state index contributed by atoms with van der Waals surface area (Å²) in [7, 11) is 0. The maximum absolute atomic E-state index is 11.7. The van der Waals surface area contributed by atoms with Crippen molar-refractivity contribution in [1.29, 1.82) is 0 Å². The average Bonchev–Trinajstić information content (AvgIpc) is 2.85. The monoisotopic (exact) mass is 310 g/mol. The van der Waals surface area contributed by atoms with E-state index < -0.39 is 0 Å². The summed E-state index contributed by atoms with van der Waals surface area (Å²) in [6.07, 6.45) is 6.56. The molecule has 2 aromatic heterocycles. The average molecular weight is 310 g/mol. The van der Waals surface area contributed by atoms with Gasteiger partial charge in [0.1, 0.15) is 0 Å². The Hall–Kier alpha value is -1.08. The first kappa shape index (κ1) is 13.9. The Bertz CT molecular complexity index is 637. The van der Waals surface area contributed by atoms with E-state index in [9.17, 15) is 4.79 Å². The molecule has 1 saturated carbocycles. The van der Waals surface area contributed by atoms with E-state index >= 15 is 0 Å². The van der Waals surface area contributed by atoms with E-state index in [-0.39, 0.29) is 5.56 Å². The summed E-state index contributed by atoms with van der Waals surface area (Å²) in [6, 6.07) is 1.89. The second-order valence-electron chi connectivity index (χ2n) is 4.91. The summed E-state index contributed by atoms with van der Waals surface area (Å²) in [5.41, 5.74) is -0.123. The number of anilines is 1. The number of rotatable bonds is 4. The molecule has 0 radical (unpaired) electrons. The third-order valence-corrected chi connectivity index (χ3v) is 5.74. The molecule has 2 heterocycles. The van der Waals surface area contributed by atoms with Crippen molar-refractivity contribution in [3.63, 3.8) is 0 Å². The first-order valence-corrected chi connectivity index (χ1v) is 8.87. The van der Waals surface area contributed by atoms with Gasteiger partial charge in [-0.2, -0.15) is 16.3 Å². The number of thioether (sulfide) groups is 1. The van der Waals surface area contributed by atoms with Crippen LogP contribution in [0.5, 0.6) is 0 Å². The van der Waals surface area contributed by atoms with E-state index in [0.717, 1.165) is 10.9 Å². The molecular formula is C13H18N4OS2. The third-order valence-electron chi connectivity index (χ3n) is 3.56. The zero-order valence-electron chi connectivity index (χ0n) is 11.4. The molecule has 2 atom stereocenters. The maximum atomic E-state index is 11.7. The standard InChI is InChI=1S/C13H18N4OS2/c1-2-19-10-6-4-3-5-9(10)15-12-16-17-11(18)7-8-14-13(17)20-12/h7-10H,2-6H2,1H3,(H,15,16)/t9-,10+/m0/s1. The minimum Gasteiger partial charge on any atom is -0.356 e. The van der Waals surface area contributed by atoms with Gasteiger partial charge in [0.15, 0.2) is 0 Å². The van der Waals surface area contributed by atoms with Crippen LogP contribution in [-0.4, -0.2) is 31.6 Å². The molecule has 0 unspecified atom stereocenters. The van der Waals surface area contributed by atoms with Gasteiger partial charge < -0.3 is 5.32 Å². The molecule has 1 fully saturated rings. The van der Waals surface area contributed by atoms with Crippen LogP contribution in [0.25, 0.3) is 4.96 Å². The van der Waals surface area contributed by atoms with Gasteiger partial charge in [0.05, 0.1) is 0 Å². The molecule has 5 nitrogen and oxygen atoms in total. The quantitative estimate of drug-likeness (QED) is 0.940. The summed E-state index contributed by atoms with van der Waals surface area (Å²) in [6.45, 7) is 2.21. The molecule has 2 aromatic rings. The van der Waals surface area contributed by atoms with E-state index in [2.05, 4.69) is 22.3 Å². The van der Waals surface area contributed by atoms with Gasteiger partial charge in [-0.05, 0) is 18.6 Å². The van der Waals surface area contributed by atoms with Gasteiger partial charge in [-0.15, -0.1) is 5.10 Å². The van der Waals surface area contributed by atoms with Gasteiger partial charge in [0.25, 0.3) is 5.56 Å². The van der Waals surface area contributed by atoms with Gasteiger partial charge in [-0.1, -0.05) is 31.1 Å². The number of nitrogens with one attached hydrogen (secondary N) is 1.